The Kier molecular flexibility index (Phi) is 2.89. The number of Topliss-reactive ketones (excluding diaryl/α,β-unsaturated/α-hetero) is 1. The van der Waals surface area contributed by atoms with Gasteiger partial charge in [0, 0.05) is 5.38 Å². The van der Waals surface area contributed by atoms with Crippen LogP contribution in [0.25, 0.3) is 0 Å². The van der Waals surface area contributed by atoms with Crippen LogP contribution in [0.1, 0.15) is 36.2 Å². The summed E-state index contributed by atoms with van der Waals surface area (Å²) in [5.74, 6) is 0.200. The maximum absolute atomic E-state index is 12.4. The molecule has 0 N–H and O–H groups in total. The fourth-order valence-electron chi connectivity index (χ4n) is 2.41. The Bertz CT molecular complexity index is 339. The molecule has 0 bridgehead atoms. The van der Waals surface area contributed by atoms with Gasteiger partial charge in [0.05, 0.1) is 5.54 Å². The van der Waals surface area contributed by atoms with Gasteiger partial charge >= 0.3 is 0 Å². The normalized spacial score (nSPS) is 19.7. The molecule has 3 nitrogen and oxygen atoms in total. The maximum Gasteiger partial charge on any atom is 0.202 e. The Morgan fingerprint density at radius 2 is 2.13 bits per heavy atom. The van der Waals surface area contributed by atoms with Gasteiger partial charge in [-0.3, -0.25) is 9.69 Å². The predicted octanol–water partition coefficient (Wildman–Crippen LogP) is 2.20. The topological polar surface area (TPSA) is 33.2 Å². The van der Waals surface area contributed by atoms with Crippen LogP contribution in [-0.2, 0) is 0 Å². The van der Waals surface area contributed by atoms with Gasteiger partial charge in [-0.05, 0) is 44.5 Å². The fourth-order valence-corrected chi connectivity index (χ4v) is 2.91. The molecule has 1 fully saturated rings. The van der Waals surface area contributed by atoms with Crippen LogP contribution in [0, 0.1) is 0 Å². The molecule has 0 aromatic carbocycles. The second-order valence-electron chi connectivity index (χ2n) is 4.35. The Morgan fingerprint density at radius 3 is 2.60 bits per heavy atom. The van der Waals surface area contributed by atoms with Crippen molar-refractivity contribution in [1.29, 1.82) is 0 Å². The molecule has 1 saturated carbocycles. The summed E-state index contributed by atoms with van der Waals surface area (Å²) < 4.78 is 4.15. The molecule has 2 rings (SSSR count). The summed E-state index contributed by atoms with van der Waals surface area (Å²) in [5.41, 5.74) is 0.351. The van der Waals surface area contributed by atoms with Gasteiger partial charge in [-0.2, -0.15) is 4.37 Å². The van der Waals surface area contributed by atoms with Crippen LogP contribution in [0.5, 0.6) is 0 Å². The number of aromatic nitrogens is 1. The summed E-state index contributed by atoms with van der Waals surface area (Å²) in [4.78, 5) is 14.4. The van der Waals surface area contributed by atoms with Gasteiger partial charge in [0.2, 0.25) is 5.78 Å². The minimum absolute atomic E-state index is 0.200. The average Bonchev–Trinajstić information content (AvgIpc) is 2.89. The molecule has 1 heterocycles. The van der Waals surface area contributed by atoms with Crippen molar-refractivity contribution in [3.63, 3.8) is 0 Å². The lowest BCUT2D eigenvalue weighted by Gasteiger charge is -2.33. The molecule has 15 heavy (non-hydrogen) atoms. The predicted molar refractivity (Wildman–Crippen MR) is 61.3 cm³/mol. The highest BCUT2D eigenvalue weighted by Crippen LogP contribution is 2.36. The highest BCUT2D eigenvalue weighted by atomic mass is 32.1. The van der Waals surface area contributed by atoms with E-state index in [2.05, 4.69) is 9.27 Å². The van der Waals surface area contributed by atoms with Crippen LogP contribution in [0.4, 0.5) is 0 Å². The van der Waals surface area contributed by atoms with Crippen LogP contribution in [0.15, 0.2) is 11.4 Å². The second kappa shape index (κ2) is 4.02. The maximum atomic E-state index is 12.4. The van der Waals surface area contributed by atoms with Crippen molar-refractivity contribution < 1.29 is 4.79 Å². The molecule has 0 unspecified atom stereocenters. The van der Waals surface area contributed by atoms with Crippen LogP contribution < -0.4 is 0 Å². The summed E-state index contributed by atoms with van der Waals surface area (Å²) in [6.07, 6.45) is 4.23. The molecular weight excluding hydrogens is 208 g/mol. The zero-order chi connectivity index (χ0) is 10.9. The summed E-state index contributed by atoms with van der Waals surface area (Å²) in [6, 6.07) is 1.83. The largest absolute Gasteiger partial charge is 0.297 e. The smallest absolute Gasteiger partial charge is 0.202 e. The molecule has 82 valence electrons. The van der Waals surface area contributed by atoms with E-state index in [1.165, 1.54) is 11.5 Å². The van der Waals surface area contributed by atoms with Gasteiger partial charge < -0.3 is 0 Å². The molecular formula is C11H16N2OS. The number of likely N-dealkylation sites (N-methyl/N-ethyl adjacent to an activating group) is 1. The lowest BCUT2D eigenvalue weighted by molar-refractivity contribution is 0.0689. The van der Waals surface area contributed by atoms with E-state index in [1.54, 1.807) is 0 Å². The number of nitrogens with zero attached hydrogens (tertiary/aromatic N) is 2. The van der Waals surface area contributed by atoms with Crippen molar-refractivity contribution in [1.82, 2.24) is 9.27 Å². The van der Waals surface area contributed by atoms with Crippen LogP contribution >= 0.6 is 11.5 Å². The summed E-state index contributed by atoms with van der Waals surface area (Å²) in [5, 5.41) is 1.87. The van der Waals surface area contributed by atoms with E-state index in [4.69, 9.17) is 0 Å². The van der Waals surface area contributed by atoms with E-state index in [1.807, 2.05) is 25.5 Å². The highest BCUT2D eigenvalue weighted by Gasteiger charge is 2.43. The first-order valence-corrected chi connectivity index (χ1v) is 6.13. The number of hydrogen-bond donors (Lipinski definition) is 0. The quantitative estimate of drug-likeness (QED) is 0.738. The third-order valence-electron chi connectivity index (χ3n) is 3.38. The number of ketones is 1. The third-order valence-corrected chi connectivity index (χ3v) is 3.94. The Morgan fingerprint density at radius 1 is 1.47 bits per heavy atom. The molecule has 4 heteroatoms. The van der Waals surface area contributed by atoms with Gasteiger partial charge in [0.1, 0.15) is 5.69 Å². The van der Waals surface area contributed by atoms with Crippen molar-refractivity contribution in [3.8, 4) is 0 Å². The van der Waals surface area contributed by atoms with Crippen LogP contribution in [-0.4, -0.2) is 34.7 Å². The van der Waals surface area contributed by atoms with Crippen molar-refractivity contribution in [2.24, 2.45) is 0 Å². The number of carbonyl (C=O) groups is 1. The first-order valence-electron chi connectivity index (χ1n) is 5.29. The van der Waals surface area contributed by atoms with E-state index in [-0.39, 0.29) is 11.3 Å². The Hall–Kier alpha value is -0.740. The standard InChI is InChI=1S/C11H16N2OS/c1-13(2)11(6-3-4-7-11)10(14)9-5-8-15-12-9/h5,8H,3-4,6-7H2,1-2H3. The molecule has 0 radical (unpaired) electrons. The van der Waals surface area contributed by atoms with E-state index in [9.17, 15) is 4.79 Å². The Labute approximate surface area is 94.3 Å². The molecule has 0 saturated heterocycles. The summed E-state index contributed by atoms with van der Waals surface area (Å²) in [7, 11) is 3.99. The van der Waals surface area contributed by atoms with E-state index >= 15 is 0 Å². The molecule has 0 atom stereocenters. The highest BCUT2D eigenvalue weighted by molar-refractivity contribution is 7.03. The average molecular weight is 224 g/mol. The zero-order valence-electron chi connectivity index (χ0n) is 9.19. The fraction of sp³-hybridized carbons (Fsp3) is 0.636. The second-order valence-corrected chi connectivity index (χ2v) is 5.01. The summed E-state index contributed by atoms with van der Waals surface area (Å²) >= 11 is 1.35. The molecule has 1 aliphatic rings. The van der Waals surface area contributed by atoms with Crippen molar-refractivity contribution in [3.05, 3.63) is 17.1 Å². The van der Waals surface area contributed by atoms with Gasteiger partial charge in [0.25, 0.3) is 0 Å². The van der Waals surface area contributed by atoms with E-state index in [0.717, 1.165) is 25.7 Å². The van der Waals surface area contributed by atoms with Crippen LogP contribution in [0.3, 0.4) is 0 Å². The number of rotatable bonds is 3. The molecule has 0 amide bonds. The lowest BCUT2D eigenvalue weighted by atomic mass is 9.89. The first kappa shape index (κ1) is 10.8. The monoisotopic (exact) mass is 224 g/mol. The lowest BCUT2D eigenvalue weighted by Crippen LogP contribution is -2.49. The first-order chi connectivity index (χ1) is 7.17. The molecule has 1 aromatic heterocycles. The number of hydrogen-bond acceptors (Lipinski definition) is 4. The third kappa shape index (κ3) is 1.72. The minimum Gasteiger partial charge on any atom is -0.297 e. The molecule has 1 aromatic rings. The van der Waals surface area contributed by atoms with Gasteiger partial charge in [-0.25, -0.2) is 0 Å². The summed E-state index contributed by atoms with van der Waals surface area (Å²) in [6.45, 7) is 0. The molecule has 0 spiro atoms. The van der Waals surface area contributed by atoms with E-state index < -0.39 is 0 Å². The van der Waals surface area contributed by atoms with Crippen molar-refractivity contribution >= 4 is 17.3 Å². The number of carbonyl (C=O) groups excluding carboxylic acids is 1. The SMILES string of the molecule is CN(C)C1(C(=O)c2ccsn2)CCCC1. The van der Waals surface area contributed by atoms with Crippen molar-refractivity contribution in [2.45, 2.75) is 31.2 Å². The Balaban J connectivity index is 2.30. The molecule has 0 aliphatic heterocycles. The zero-order valence-corrected chi connectivity index (χ0v) is 10.0. The van der Waals surface area contributed by atoms with Gasteiger partial charge in [0.15, 0.2) is 0 Å². The minimum atomic E-state index is -0.284. The van der Waals surface area contributed by atoms with Crippen LogP contribution in [0.2, 0.25) is 0 Å². The van der Waals surface area contributed by atoms with Crippen molar-refractivity contribution in [2.75, 3.05) is 14.1 Å². The van der Waals surface area contributed by atoms with Gasteiger partial charge in [-0.15, -0.1) is 0 Å². The molecule has 1 aliphatic carbocycles. The van der Waals surface area contributed by atoms with Gasteiger partial charge in [-0.1, -0.05) is 12.8 Å². The van der Waals surface area contributed by atoms with E-state index in [0.29, 0.717) is 5.69 Å².